The summed E-state index contributed by atoms with van der Waals surface area (Å²) in [5.41, 5.74) is -0.0990. The third-order valence-corrected chi connectivity index (χ3v) is 3.43. The van der Waals surface area contributed by atoms with Gasteiger partial charge < -0.3 is 0 Å². The Labute approximate surface area is 106 Å². The Hall–Kier alpha value is -1.04. The second-order valence-corrected chi connectivity index (χ2v) is 4.95. The van der Waals surface area contributed by atoms with E-state index >= 15 is 0 Å². The van der Waals surface area contributed by atoms with Crippen LogP contribution in [0, 0.1) is 10.1 Å². The molecule has 0 aliphatic heterocycles. The number of nitro groups is 1. The molecule has 0 N–H and O–H groups in total. The zero-order chi connectivity index (χ0) is 13.0. The molecule has 0 aromatic heterocycles. The number of benzene rings is 1. The Morgan fingerprint density at radius 2 is 2.12 bits per heavy atom. The van der Waals surface area contributed by atoms with E-state index in [1.807, 2.05) is 6.92 Å². The number of hydrogen-bond acceptors (Lipinski definition) is 2. The molecule has 0 bridgehead atoms. The summed E-state index contributed by atoms with van der Waals surface area (Å²) < 4.78 is 25.6. The molecule has 0 spiro atoms. The second kappa shape index (κ2) is 6.05. The van der Waals surface area contributed by atoms with E-state index in [4.69, 9.17) is 0 Å². The van der Waals surface area contributed by atoms with Crippen molar-refractivity contribution in [1.82, 2.24) is 0 Å². The lowest BCUT2D eigenvalue weighted by Crippen LogP contribution is -2.05. The van der Waals surface area contributed by atoms with E-state index in [1.165, 1.54) is 12.1 Å². The summed E-state index contributed by atoms with van der Waals surface area (Å²) in [5.74, 6) is 0. The Kier molecular flexibility index (Phi) is 4.99. The molecule has 0 aliphatic rings. The maximum absolute atomic E-state index is 12.8. The second-order valence-electron chi connectivity index (χ2n) is 3.65. The highest BCUT2D eigenvalue weighted by Gasteiger charge is 2.18. The van der Waals surface area contributed by atoms with Gasteiger partial charge in [-0.3, -0.25) is 10.1 Å². The summed E-state index contributed by atoms with van der Waals surface area (Å²) in [6, 6.07) is 3.62. The number of non-ortho nitro benzene ring substituents is 1. The fourth-order valence-corrected chi connectivity index (χ4v) is 1.82. The molecule has 1 rings (SSSR count). The van der Waals surface area contributed by atoms with E-state index in [0.29, 0.717) is 12.0 Å². The third kappa shape index (κ3) is 3.73. The van der Waals surface area contributed by atoms with Crippen LogP contribution in [0.3, 0.4) is 0 Å². The minimum atomic E-state index is -2.69. The number of rotatable bonds is 5. The Balaban J connectivity index is 3.08. The molecule has 0 radical (unpaired) electrons. The summed E-state index contributed by atoms with van der Waals surface area (Å²) in [6.07, 6.45) is -1.45. The van der Waals surface area contributed by atoms with Gasteiger partial charge in [-0.25, -0.2) is 8.78 Å². The zero-order valence-electron chi connectivity index (χ0n) is 9.20. The Morgan fingerprint density at radius 3 is 2.59 bits per heavy atom. The van der Waals surface area contributed by atoms with Crippen molar-refractivity contribution >= 4 is 21.6 Å². The first kappa shape index (κ1) is 14.0. The van der Waals surface area contributed by atoms with Crippen molar-refractivity contribution in [1.29, 1.82) is 0 Å². The van der Waals surface area contributed by atoms with Crippen LogP contribution < -0.4 is 0 Å². The first-order valence-electron chi connectivity index (χ1n) is 5.15. The van der Waals surface area contributed by atoms with Gasteiger partial charge in [0, 0.05) is 22.5 Å². The van der Waals surface area contributed by atoms with Gasteiger partial charge in [0.15, 0.2) is 0 Å². The topological polar surface area (TPSA) is 43.1 Å². The Morgan fingerprint density at radius 1 is 1.47 bits per heavy atom. The number of halogens is 3. The van der Waals surface area contributed by atoms with Crippen LogP contribution in [0.2, 0.25) is 0 Å². The molecule has 0 heterocycles. The molecule has 0 aliphatic carbocycles. The minimum Gasteiger partial charge on any atom is -0.258 e. The van der Waals surface area contributed by atoms with Crippen LogP contribution >= 0.6 is 15.9 Å². The summed E-state index contributed by atoms with van der Waals surface area (Å²) in [7, 11) is 0. The van der Waals surface area contributed by atoms with Gasteiger partial charge in [-0.1, -0.05) is 28.9 Å². The molecule has 1 aromatic rings. The van der Waals surface area contributed by atoms with Gasteiger partial charge in [0.1, 0.15) is 0 Å². The van der Waals surface area contributed by atoms with Gasteiger partial charge >= 0.3 is 0 Å². The fourth-order valence-electron chi connectivity index (χ4n) is 1.47. The molecular weight excluding hydrogens is 296 g/mol. The van der Waals surface area contributed by atoms with Crippen LogP contribution in [-0.2, 0) is 6.42 Å². The number of nitrogens with zero attached hydrogens (tertiary/aromatic N) is 1. The van der Waals surface area contributed by atoms with Crippen LogP contribution in [0.1, 0.15) is 30.9 Å². The molecule has 0 amide bonds. The van der Waals surface area contributed by atoms with E-state index < -0.39 is 11.3 Å². The quantitative estimate of drug-likeness (QED) is 0.464. The smallest absolute Gasteiger partial charge is 0.258 e. The van der Waals surface area contributed by atoms with E-state index in [9.17, 15) is 18.9 Å². The lowest BCUT2D eigenvalue weighted by atomic mass is 10.0. The number of nitro benzene ring substituents is 1. The molecule has 1 aromatic carbocycles. The van der Waals surface area contributed by atoms with Gasteiger partial charge in [0.25, 0.3) is 12.1 Å². The van der Waals surface area contributed by atoms with Crippen LogP contribution in [-0.4, -0.2) is 9.75 Å². The maximum Gasteiger partial charge on any atom is 0.269 e. The highest BCUT2D eigenvalue weighted by molar-refractivity contribution is 9.09. The highest BCUT2D eigenvalue weighted by atomic mass is 79.9. The first-order valence-corrected chi connectivity index (χ1v) is 6.06. The molecule has 1 unspecified atom stereocenters. The van der Waals surface area contributed by atoms with Crippen LogP contribution in [0.5, 0.6) is 0 Å². The zero-order valence-corrected chi connectivity index (χ0v) is 10.8. The largest absolute Gasteiger partial charge is 0.269 e. The Bertz CT molecular complexity index is 412. The van der Waals surface area contributed by atoms with Crippen molar-refractivity contribution in [3.8, 4) is 0 Å². The first-order chi connectivity index (χ1) is 7.95. The average Bonchev–Trinajstić information content (AvgIpc) is 2.28. The van der Waals surface area contributed by atoms with E-state index in [0.717, 1.165) is 12.5 Å². The maximum atomic E-state index is 12.8. The van der Waals surface area contributed by atoms with Gasteiger partial charge in [-0.05, 0) is 18.4 Å². The SMILES string of the molecule is CCC(Br)Cc1ccc([N+](=O)[O-])cc1C(F)F. The lowest BCUT2D eigenvalue weighted by Gasteiger charge is -2.11. The molecule has 6 heteroatoms. The monoisotopic (exact) mass is 307 g/mol. The molecular formula is C11H12BrF2NO2. The van der Waals surface area contributed by atoms with Crippen molar-refractivity contribution in [2.45, 2.75) is 31.0 Å². The highest BCUT2D eigenvalue weighted by Crippen LogP contribution is 2.29. The van der Waals surface area contributed by atoms with Crippen molar-refractivity contribution in [3.63, 3.8) is 0 Å². The van der Waals surface area contributed by atoms with Gasteiger partial charge in [-0.2, -0.15) is 0 Å². The lowest BCUT2D eigenvalue weighted by molar-refractivity contribution is -0.385. The summed E-state index contributed by atoms with van der Waals surface area (Å²) in [4.78, 5) is 9.95. The van der Waals surface area contributed by atoms with Gasteiger partial charge in [0.2, 0.25) is 0 Å². The van der Waals surface area contributed by atoms with Crippen LogP contribution in [0.25, 0.3) is 0 Å². The van der Waals surface area contributed by atoms with Gasteiger partial charge in [0.05, 0.1) is 4.92 Å². The molecule has 1 atom stereocenters. The standard InChI is InChI=1S/C11H12BrF2NO2/c1-2-8(12)5-7-3-4-9(15(16)17)6-10(7)11(13)14/h3-4,6,8,11H,2,5H2,1H3. The van der Waals surface area contributed by atoms with E-state index in [1.54, 1.807) is 0 Å². The normalized spacial score (nSPS) is 12.8. The predicted molar refractivity (Wildman–Crippen MR) is 64.8 cm³/mol. The molecule has 17 heavy (non-hydrogen) atoms. The summed E-state index contributed by atoms with van der Waals surface area (Å²) >= 11 is 3.37. The number of hydrogen-bond donors (Lipinski definition) is 0. The van der Waals surface area contributed by atoms with Crippen molar-refractivity contribution in [3.05, 3.63) is 39.4 Å². The van der Waals surface area contributed by atoms with Gasteiger partial charge in [-0.15, -0.1) is 0 Å². The van der Waals surface area contributed by atoms with Crippen LogP contribution in [0.4, 0.5) is 14.5 Å². The minimum absolute atomic E-state index is 0.0986. The van der Waals surface area contributed by atoms with E-state index in [-0.39, 0.29) is 16.1 Å². The molecule has 0 saturated carbocycles. The van der Waals surface area contributed by atoms with Crippen molar-refractivity contribution in [2.24, 2.45) is 0 Å². The molecule has 0 fully saturated rings. The van der Waals surface area contributed by atoms with Crippen LogP contribution in [0.15, 0.2) is 18.2 Å². The van der Waals surface area contributed by atoms with Crippen molar-refractivity contribution < 1.29 is 13.7 Å². The summed E-state index contributed by atoms with van der Waals surface area (Å²) in [6.45, 7) is 1.94. The third-order valence-electron chi connectivity index (χ3n) is 2.46. The molecule has 0 saturated heterocycles. The fraction of sp³-hybridized carbons (Fsp3) is 0.455. The van der Waals surface area contributed by atoms with E-state index in [2.05, 4.69) is 15.9 Å². The summed E-state index contributed by atoms with van der Waals surface area (Å²) in [5, 5.41) is 10.5. The predicted octanol–water partition coefficient (Wildman–Crippen LogP) is 4.25. The number of alkyl halides is 3. The average molecular weight is 308 g/mol. The van der Waals surface area contributed by atoms with Crippen molar-refractivity contribution in [2.75, 3.05) is 0 Å². The molecule has 94 valence electrons. The molecule has 3 nitrogen and oxygen atoms in total.